The Balaban J connectivity index is 2.08. The average molecular weight is 294 g/mol. The molecular weight excluding hydrogens is 278 g/mol. The van der Waals surface area contributed by atoms with Gasteiger partial charge in [-0.2, -0.15) is 4.98 Å². The number of aliphatic hydroxyl groups is 1. The molecule has 0 aliphatic heterocycles. The minimum Gasteiger partial charge on any atom is -0.481 e. The highest BCUT2D eigenvalue weighted by atomic mass is 35.5. The summed E-state index contributed by atoms with van der Waals surface area (Å²) in [5.74, 6) is 0.858. The first kappa shape index (κ1) is 14.6. The van der Waals surface area contributed by atoms with Crippen LogP contribution in [0.2, 0.25) is 5.02 Å². The van der Waals surface area contributed by atoms with Gasteiger partial charge in [0.05, 0.1) is 13.7 Å². The number of hydrogen-bond acceptors (Lipinski definition) is 5. The quantitative estimate of drug-likeness (QED) is 0.886. The zero-order valence-corrected chi connectivity index (χ0v) is 12.1. The van der Waals surface area contributed by atoms with Gasteiger partial charge in [0.1, 0.15) is 5.60 Å². The second-order valence-corrected chi connectivity index (χ2v) is 5.00. The second kappa shape index (κ2) is 6.07. The predicted octanol–water partition coefficient (Wildman–Crippen LogP) is 2.46. The zero-order chi connectivity index (χ0) is 14.6. The molecule has 6 heteroatoms. The van der Waals surface area contributed by atoms with E-state index < -0.39 is 5.60 Å². The van der Waals surface area contributed by atoms with E-state index in [2.05, 4.69) is 15.3 Å². The number of hydrogen-bond donors (Lipinski definition) is 2. The van der Waals surface area contributed by atoms with E-state index in [0.29, 0.717) is 16.9 Å². The van der Waals surface area contributed by atoms with E-state index in [0.717, 1.165) is 5.56 Å². The summed E-state index contributed by atoms with van der Waals surface area (Å²) in [7, 11) is 1.54. The van der Waals surface area contributed by atoms with Gasteiger partial charge in [-0.05, 0) is 24.6 Å². The number of halogens is 1. The molecule has 0 radical (unpaired) electrons. The Morgan fingerprint density at radius 1 is 1.40 bits per heavy atom. The minimum atomic E-state index is -1.09. The van der Waals surface area contributed by atoms with Gasteiger partial charge in [0, 0.05) is 17.3 Å². The molecule has 2 rings (SSSR count). The van der Waals surface area contributed by atoms with E-state index in [4.69, 9.17) is 16.3 Å². The molecule has 2 N–H and O–H groups in total. The summed E-state index contributed by atoms with van der Waals surface area (Å²) < 4.78 is 5.02. The monoisotopic (exact) mass is 293 g/mol. The lowest BCUT2D eigenvalue weighted by Crippen LogP contribution is -2.31. The van der Waals surface area contributed by atoms with Gasteiger partial charge in [-0.15, -0.1) is 0 Å². The van der Waals surface area contributed by atoms with E-state index in [1.807, 2.05) is 6.07 Å². The number of nitrogens with zero attached hydrogens (tertiary/aromatic N) is 2. The van der Waals surface area contributed by atoms with Gasteiger partial charge < -0.3 is 15.2 Å². The Morgan fingerprint density at radius 3 is 2.90 bits per heavy atom. The lowest BCUT2D eigenvalue weighted by atomic mass is 9.96. The molecule has 0 saturated heterocycles. The standard InChI is InChI=1S/C14H16ClN3O2/c1-14(19,10-4-3-5-11(15)8-10)9-17-13-16-7-6-12(18-13)20-2/h3-8,19H,9H2,1-2H3,(H,16,17,18). The molecule has 1 unspecified atom stereocenters. The first-order valence-corrected chi connectivity index (χ1v) is 6.48. The van der Waals surface area contributed by atoms with Crippen LogP contribution in [0, 0.1) is 0 Å². The van der Waals surface area contributed by atoms with Crippen LogP contribution in [-0.4, -0.2) is 28.7 Å². The SMILES string of the molecule is COc1ccnc(NCC(C)(O)c2cccc(Cl)c2)n1. The van der Waals surface area contributed by atoms with Crippen LogP contribution in [0.25, 0.3) is 0 Å². The van der Waals surface area contributed by atoms with E-state index >= 15 is 0 Å². The zero-order valence-electron chi connectivity index (χ0n) is 11.3. The molecule has 0 spiro atoms. The molecule has 0 aliphatic carbocycles. The van der Waals surface area contributed by atoms with Crippen molar-refractivity contribution < 1.29 is 9.84 Å². The van der Waals surface area contributed by atoms with Crippen LogP contribution in [0.3, 0.4) is 0 Å². The lowest BCUT2D eigenvalue weighted by Gasteiger charge is -2.24. The van der Waals surface area contributed by atoms with E-state index in [1.54, 1.807) is 37.4 Å². The van der Waals surface area contributed by atoms with Gasteiger partial charge in [0.25, 0.3) is 0 Å². The molecule has 0 amide bonds. The van der Waals surface area contributed by atoms with Gasteiger partial charge in [0.15, 0.2) is 0 Å². The summed E-state index contributed by atoms with van der Waals surface area (Å²) in [5.41, 5.74) is -0.363. The molecule has 0 aliphatic rings. The number of ether oxygens (including phenoxy) is 1. The Bertz CT molecular complexity index is 590. The van der Waals surface area contributed by atoms with E-state index in [9.17, 15) is 5.11 Å². The number of nitrogens with one attached hydrogen (secondary N) is 1. The fourth-order valence-corrected chi connectivity index (χ4v) is 1.91. The summed E-state index contributed by atoms with van der Waals surface area (Å²) in [5, 5.41) is 14.1. The van der Waals surface area contributed by atoms with Crippen molar-refractivity contribution in [3.63, 3.8) is 0 Å². The highest BCUT2D eigenvalue weighted by molar-refractivity contribution is 6.30. The second-order valence-electron chi connectivity index (χ2n) is 4.56. The highest BCUT2D eigenvalue weighted by Crippen LogP contribution is 2.23. The Hall–Kier alpha value is -1.85. The van der Waals surface area contributed by atoms with Gasteiger partial charge >= 0.3 is 0 Å². The molecule has 1 aromatic heterocycles. The van der Waals surface area contributed by atoms with Crippen LogP contribution in [-0.2, 0) is 5.60 Å². The minimum absolute atomic E-state index is 0.251. The Kier molecular flexibility index (Phi) is 4.42. The molecular formula is C14H16ClN3O2. The van der Waals surface area contributed by atoms with Crippen molar-refractivity contribution in [3.8, 4) is 5.88 Å². The van der Waals surface area contributed by atoms with Crippen molar-refractivity contribution in [1.29, 1.82) is 0 Å². The van der Waals surface area contributed by atoms with Crippen LogP contribution in [0.1, 0.15) is 12.5 Å². The fourth-order valence-electron chi connectivity index (χ4n) is 1.72. The summed E-state index contributed by atoms with van der Waals surface area (Å²) >= 11 is 5.93. The van der Waals surface area contributed by atoms with Crippen LogP contribution < -0.4 is 10.1 Å². The maximum Gasteiger partial charge on any atom is 0.226 e. The van der Waals surface area contributed by atoms with Crippen molar-refractivity contribution >= 4 is 17.5 Å². The van der Waals surface area contributed by atoms with E-state index in [1.165, 1.54) is 7.11 Å². The third-order valence-electron chi connectivity index (χ3n) is 2.88. The van der Waals surface area contributed by atoms with Gasteiger partial charge in [-0.3, -0.25) is 0 Å². The Labute approximate surface area is 122 Å². The fraction of sp³-hybridized carbons (Fsp3) is 0.286. The third-order valence-corrected chi connectivity index (χ3v) is 3.11. The molecule has 106 valence electrons. The number of benzene rings is 1. The van der Waals surface area contributed by atoms with Crippen LogP contribution in [0.4, 0.5) is 5.95 Å². The normalized spacial score (nSPS) is 13.6. The topological polar surface area (TPSA) is 67.3 Å². The average Bonchev–Trinajstić information content (AvgIpc) is 2.45. The smallest absolute Gasteiger partial charge is 0.226 e. The molecule has 20 heavy (non-hydrogen) atoms. The largest absolute Gasteiger partial charge is 0.481 e. The van der Waals surface area contributed by atoms with E-state index in [-0.39, 0.29) is 6.54 Å². The highest BCUT2D eigenvalue weighted by Gasteiger charge is 2.23. The number of rotatable bonds is 5. The van der Waals surface area contributed by atoms with Crippen molar-refractivity contribution in [3.05, 3.63) is 47.1 Å². The lowest BCUT2D eigenvalue weighted by molar-refractivity contribution is 0.0713. The van der Waals surface area contributed by atoms with Crippen LogP contribution in [0.15, 0.2) is 36.5 Å². The molecule has 0 fully saturated rings. The van der Waals surface area contributed by atoms with Gasteiger partial charge in [0.2, 0.25) is 11.8 Å². The first-order valence-electron chi connectivity index (χ1n) is 6.10. The summed E-state index contributed by atoms with van der Waals surface area (Å²) in [6.45, 7) is 1.95. The van der Waals surface area contributed by atoms with Crippen LogP contribution >= 0.6 is 11.6 Å². The summed E-state index contributed by atoms with van der Waals surface area (Å²) in [6, 6.07) is 8.77. The molecule has 1 aromatic carbocycles. The number of aromatic nitrogens is 2. The van der Waals surface area contributed by atoms with Gasteiger partial charge in [-0.25, -0.2) is 4.98 Å². The maximum atomic E-state index is 10.5. The summed E-state index contributed by atoms with van der Waals surface area (Å²) in [4.78, 5) is 8.19. The van der Waals surface area contributed by atoms with Crippen molar-refractivity contribution in [1.82, 2.24) is 9.97 Å². The number of methoxy groups -OCH3 is 1. The molecule has 1 atom stereocenters. The molecule has 0 bridgehead atoms. The van der Waals surface area contributed by atoms with Crippen molar-refractivity contribution in [2.45, 2.75) is 12.5 Å². The Morgan fingerprint density at radius 2 is 2.20 bits per heavy atom. The molecule has 2 aromatic rings. The molecule has 5 nitrogen and oxygen atoms in total. The number of anilines is 1. The van der Waals surface area contributed by atoms with Gasteiger partial charge in [-0.1, -0.05) is 23.7 Å². The summed E-state index contributed by atoms with van der Waals surface area (Å²) in [6.07, 6.45) is 1.59. The first-order chi connectivity index (χ1) is 9.51. The molecule has 1 heterocycles. The third kappa shape index (κ3) is 3.59. The van der Waals surface area contributed by atoms with Crippen LogP contribution in [0.5, 0.6) is 5.88 Å². The van der Waals surface area contributed by atoms with Crippen molar-refractivity contribution in [2.24, 2.45) is 0 Å². The molecule has 0 saturated carbocycles. The van der Waals surface area contributed by atoms with Crippen molar-refractivity contribution in [2.75, 3.05) is 19.0 Å². The predicted molar refractivity (Wildman–Crippen MR) is 78.1 cm³/mol. The maximum absolute atomic E-state index is 10.5.